The monoisotopic (exact) mass is 291 g/mol. The first-order valence-corrected chi connectivity index (χ1v) is 6.49. The summed E-state index contributed by atoms with van der Waals surface area (Å²) in [4.78, 5) is 36.9. The molecule has 20 heavy (non-hydrogen) atoms. The van der Waals surface area contributed by atoms with Gasteiger partial charge in [0, 0.05) is 5.39 Å². The summed E-state index contributed by atoms with van der Waals surface area (Å²) in [6.45, 7) is -0.326. The Bertz CT molecular complexity index is 725. The predicted octanol–water partition coefficient (Wildman–Crippen LogP) is -0.628. The number of fused-ring (bicyclic) bond motifs is 1. The number of nitrogen functional groups attached to an aromatic ring is 1. The van der Waals surface area contributed by atoms with Gasteiger partial charge in [-0.2, -0.15) is 5.10 Å². The van der Waals surface area contributed by atoms with Gasteiger partial charge in [-0.25, -0.2) is 0 Å². The summed E-state index contributed by atoms with van der Waals surface area (Å²) < 4.78 is 0. The highest BCUT2D eigenvalue weighted by Crippen LogP contribution is 2.32. The van der Waals surface area contributed by atoms with Crippen molar-refractivity contribution in [3.63, 3.8) is 0 Å². The molecule has 8 nitrogen and oxygen atoms in total. The molecule has 1 saturated heterocycles. The van der Waals surface area contributed by atoms with Gasteiger partial charge >= 0.3 is 0 Å². The highest BCUT2D eigenvalue weighted by molar-refractivity contribution is 7.21. The quantitative estimate of drug-likeness (QED) is 0.675. The third-order valence-electron chi connectivity index (χ3n) is 2.85. The van der Waals surface area contributed by atoms with Crippen molar-refractivity contribution in [1.82, 2.24) is 20.4 Å². The molecule has 1 fully saturated rings. The van der Waals surface area contributed by atoms with Crippen LogP contribution in [-0.2, 0) is 9.59 Å². The number of carbonyl (C=O) groups excluding carboxylic acids is 3. The van der Waals surface area contributed by atoms with E-state index in [1.165, 1.54) is 6.20 Å². The zero-order valence-corrected chi connectivity index (χ0v) is 10.9. The van der Waals surface area contributed by atoms with Crippen LogP contribution in [0, 0.1) is 0 Å². The van der Waals surface area contributed by atoms with E-state index in [4.69, 9.17) is 5.73 Å². The van der Waals surface area contributed by atoms with Crippen LogP contribution in [0.5, 0.6) is 0 Å². The molecular weight excluding hydrogens is 282 g/mol. The van der Waals surface area contributed by atoms with E-state index in [0.717, 1.165) is 16.2 Å². The Morgan fingerprint density at radius 3 is 2.70 bits per heavy atom. The van der Waals surface area contributed by atoms with Gasteiger partial charge in [0.25, 0.3) is 5.91 Å². The molecule has 102 valence electrons. The Labute approximate surface area is 116 Å². The number of carbonyl (C=O) groups is 3. The number of piperazine rings is 1. The summed E-state index contributed by atoms with van der Waals surface area (Å²) in [6, 6.07) is 1.67. The number of amides is 3. The summed E-state index contributed by atoms with van der Waals surface area (Å²) >= 11 is 1.10. The summed E-state index contributed by atoms with van der Waals surface area (Å²) in [5, 5.41) is 10.4. The van der Waals surface area contributed by atoms with Crippen LogP contribution in [0.15, 0.2) is 12.3 Å². The van der Waals surface area contributed by atoms with Crippen molar-refractivity contribution < 1.29 is 14.4 Å². The van der Waals surface area contributed by atoms with Crippen LogP contribution in [0.4, 0.5) is 5.69 Å². The second-order valence-corrected chi connectivity index (χ2v) is 5.23. The van der Waals surface area contributed by atoms with E-state index in [-0.39, 0.29) is 18.0 Å². The lowest BCUT2D eigenvalue weighted by molar-refractivity contribution is -0.135. The third kappa shape index (κ3) is 1.97. The zero-order valence-electron chi connectivity index (χ0n) is 10.1. The lowest BCUT2D eigenvalue weighted by Gasteiger charge is -2.25. The molecule has 2 aromatic heterocycles. The first-order chi connectivity index (χ1) is 9.56. The molecule has 0 bridgehead atoms. The predicted molar refractivity (Wildman–Crippen MR) is 70.9 cm³/mol. The SMILES string of the molecule is Nc1c(C(=O)N2CC(=O)NC(=O)C2)sc2nnccc12. The zero-order chi connectivity index (χ0) is 14.3. The maximum absolute atomic E-state index is 12.4. The fraction of sp³-hybridized carbons (Fsp3) is 0.182. The van der Waals surface area contributed by atoms with Gasteiger partial charge in [0.1, 0.15) is 22.8 Å². The minimum Gasteiger partial charge on any atom is -0.397 e. The van der Waals surface area contributed by atoms with E-state index >= 15 is 0 Å². The van der Waals surface area contributed by atoms with Crippen molar-refractivity contribution in [1.29, 1.82) is 0 Å². The topological polar surface area (TPSA) is 118 Å². The molecule has 0 radical (unpaired) electrons. The number of anilines is 1. The molecule has 3 heterocycles. The van der Waals surface area contributed by atoms with Crippen molar-refractivity contribution in [2.75, 3.05) is 18.8 Å². The van der Waals surface area contributed by atoms with E-state index in [1.807, 2.05) is 0 Å². The highest BCUT2D eigenvalue weighted by atomic mass is 32.1. The number of rotatable bonds is 1. The van der Waals surface area contributed by atoms with Crippen LogP contribution in [-0.4, -0.2) is 45.9 Å². The number of nitrogens with one attached hydrogen (secondary N) is 1. The largest absolute Gasteiger partial charge is 0.397 e. The van der Waals surface area contributed by atoms with Crippen molar-refractivity contribution in [3.05, 3.63) is 17.1 Å². The molecule has 0 unspecified atom stereocenters. The Morgan fingerprint density at radius 1 is 1.35 bits per heavy atom. The summed E-state index contributed by atoms with van der Waals surface area (Å²) in [6.07, 6.45) is 1.48. The molecule has 1 aliphatic heterocycles. The standard InChI is InChI=1S/C11H9N5O3S/c12-8-5-1-2-13-15-10(5)20-9(8)11(19)16-3-6(17)14-7(18)4-16/h1-2H,3-4,12H2,(H,14,17,18). The molecule has 3 rings (SSSR count). The smallest absolute Gasteiger partial charge is 0.267 e. The summed E-state index contributed by atoms with van der Waals surface area (Å²) in [5.74, 6) is -1.46. The number of aromatic nitrogens is 2. The molecule has 9 heteroatoms. The van der Waals surface area contributed by atoms with Gasteiger partial charge in [-0.3, -0.25) is 19.7 Å². The third-order valence-corrected chi connectivity index (χ3v) is 3.94. The Kier molecular flexibility index (Phi) is 2.83. The number of hydrogen-bond donors (Lipinski definition) is 2. The average Bonchev–Trinajstić information content (AvgIpc) is 2.75. The minimum atomic E-state index is -0.505. The van der Waals surface area contributed by atoms with Gasteiger partial charge in [-0.1, -0.05) is 0 Å². The highest BCUT2D eigenvalue weighted by Gasteiger charge is 2.29. The maximum Gasteiger partial charge on any atom is 0.267 e. The van der Waals surface area contributed by atoms with E-state index < -0.39 is 17.7 Å². The van der Waals surface area contributed by atoms with Crippen LogP contribution in [0.2, 0.25) is 0 Å². The molecule has 0 atom stereocenters. The van der Waals surface area contributed by atoms with Gasteiger partial charge in [-0.05, 0) is 6.07 Å². The van der Waals surface area contributed by atoms with Gasteiger partial charge in [0.15, 0.2) is 0 Å². The van der Waals surface area contributed by atoms with Crippen LogP contribution in [0.3, 0.4) is 0 Å². The summed E-state index contributed by atoms with van der Waals surface area (Å²) in [7, 11) is 0. The summed E-state index contributed by atoms with van der Waals surface area (Å²) in [5.41, 5.74) is 6.22. The fourth-order valence-corrected chi connectivity index (χ4v) is 2.96. The average molecular weight is 291 g/mol. The fourth-order valence-electron chi connectivity index (χ4n) is 1.96. The molecule has 2 aromatic rings. The molecule has 3 N–H and O–H groups in total. The minimum absolute atomic E-state index is 0.163. The van der Waals surface area contributed by atoms with Crippen LogP contribution in [0.25, 0.3) is 10.2 Å². The molecule has 0 aliphatic carbocycles. The molecule has 3 amide bonds. The lowest BCUT2D eigenvalue weighted by Crippen LogP contribution is -2.53. The van der Waals surface area contributed by atoms with Crippen LogP contribution >= 0.6 is 11.3 Å². The Hall–Kier alpha value is -2.55. The number of nitrogens with two attached hydrogens (primary N) is 1. The molecule has 0 aromatic carbocycles. The first kappa shape index (κ1) is 12.5. The first-order valence-electron chi connectivity index (χ1n) is 5.68. The molecule has 1 aliphatic rings. The van der Waals surface area contributed by atoms with Crippen molar-refractivity contribution in [2.24, 2.45) is 0 Å². The van der Waals surface area contributed by atoms with E-state index in [2.05, 4.69) is 15.5 Å². The lowest BCUT2D eigenvalue weighted by atomic mass is 10.2. The number of hydrogen-bond acceptors (Lipinski definition) is 7. The van der Waals surface area contributed by atoms with Crippen LogP contribution < -0.4 is 11.1 Å². The van der Waals surface area contributed by atoms with Gasteiger partial charge in [-0.15, -0.1) is 16.4 Å². The van der Waals surface area contributed by atoms with Crippen molar-refractivity contribution >= 4 is 45.0 Å². The Morgan fingerprint density at radius 2 is 2.05 bits per heavy atom. The second-order valence-electron chi connectivity index (χ2n) is 4.23. The number of thiophene rings is 1. The maximum atomic E-state index is 12.4. The second kappa shape index (κ2) is 4.53. The van der Waals surface area contributed by atoms with Gasteiger partial charge in [0.05, 0.1) is 11.9 Å². The number of imide groups is 1. The van der Waals surface area contributed by atoms with E-state index in [9.17, 15) is 14.4 Å². The van der Waals surface area contributed by atoms with Crippen LogP contribution in [0.1, 0.15) is 9.67 Å². The van der Waals surface area contributed by atoms with Gasteiger partial charge in [0.2, 0.25) is 11.8 Å². The molecule has 0 saturated carbocycles. The van der Waals surface area contributed by atoms with E-state index in [0.29, 0.717) is 15.9 Å². The molecule has 0 spiro atoms. The molecular formula is C11H9N5O3S. The normalized spacial score (nSPS) is 15.5. The number of nitrogens with zero attached hydrogens (tertiary/aromatic N) is 3. The Balaban J connectivity index is 1.98. The van der Waals surface area contributed by atoms with E-state index in [1.54, 1.807) is 6.07 Å². The van der Waals surface area contributed by atoms with Crippen molar-refractivity contribution in [2.45, 2.75) is 0 Å². The van der Waals surface area contributed by atoms with Crippen molar-refractivity contribution in [3.8, 4) is 0 Å². The van der Waals surface area contributed by atoms with Gasteiger partial charge < -0.3 is 10.6 Å².